The zero-order valence-corrected chi connectivity index (χ0v) is 16.6. The van der Waals surface area contributed by atoms with Crippen molar-refractivity contribution in [3.8, 4) is 0 Å². The van der Waals surface area contributed by atoms with Gasteiger partial charge < -0.3 is 10.6 Å². The quantitative estimate of drug-likeness (QED) is 0.666. The highest BCUT2D eigenvalue weighted by Crippen LogP contribution is 2.25. The van der Waals surface area contributed by atoms with Gasteiger partial charge in [-0.05, 0) is 54.2 Å². The van der Waals surface area contributed by atoms with Crippen LogP contribution >= 0.6 is 0 Å². The van der Waals surface area contributed by atoms with E-state index in [0.717, 1.165) is 29.2 Å². The minimum absolute atomic E-state index is 0.200. The van der Waals surface area contributed by atoms with Gasteiger partial charge in [0, 0.05) is 24.5 Å². The summed E-state index contributed by atoms with van der Waals surface area (Å²) >= 11 is 0. The van der Waals surface area contributed by atoms with Crippen molar-refractivity contribution in [3.05, 3.63) is 71.5 Å². The average Bonchev–Trinajstić information content (AvgIpc) is 3.26. The molecule has 1 aliphatic rings. The Balaban J connectivity index is 1.55. The van der Waals surface area contributed by atoms with Crippen molar-refractivity contribution in [2.45, 2.75) is 32.6 Å². The third kappa shape index (κ3) is 4.14. The number of aromatic nitrogens is 1. The largest absolute Gasteiger partial charge is 0.352 e. The van der Waals surface area contributed by atoms with E-state index in [2.05, 4.69) is 15.6 Å². The lowest BCUT2D eigenvalue weighted by Crippen LogP contribution is -2.29. The smallest absolute Gasteiger partial charge is 0.256 e. The number of hydrogen-bond acceptors (Lipinski definition) is 3. The van der Waals surface area contributed by atoms with Gasteiger partial charge in [0.1, 0.15) is 0 Å². The number of anilines is 1. The third-order valence-corrected chi connectivity index (χ3v) is 5.73. The second-order valence-corrected chi connectivity index (χ2v) is 7.71. The summed E-state index contributed by atoms with van der Waals surface area (Å²) in [6.07, 6.45) is 7.89. The molecule has 1 fully saturated rings. The number of carbonyl (C=O) groups is 2. The van der Waals surface area contributed by atoms with Crippen molar-refractivity contribution in [3.63, 3.8) is 0 Å². The maximum absolute atomic E-state index is 13.0. The molecule has 1 aliphatic carbocycles. The number of rotatable bonds is 5. The molecule has 0 saturated heterocycles. The van der Waals surface area contributed by atoms with Crippen LogP contribution in [0.25, 0.3) is 10.8 Å². The summed E-state index contributed by atoms with van der Waals surface area (Å²) in [6.45, 7) is 2.70. The Labute approximate surface area is 170 Å². The summed E-state index contributed by atoms with van der Waals surface area (Å²) in [5, 5.41) is 7.85. The number of benzene rings is 2. The molecule has 2 N–H and O–H groups in total. The molecule has 148 valence electrons. The van der Waals surface area contributed by atoms with E-state index in [-0.39, 0.29) is 11.8 Å². The molecule has 0 spiro atoms. The van der Waals surface area contributed by atoms with E-state index in [1.165, 1.54) is 19.0 Å². The molecule has 2 aromatic carbocycles. The van der Waals surface area contributed by atoms with Gasteiger partial charge in [-0.1, -0.05) is 43.2 Å². The summed E-state index contributed by atoms with van der Waals surface area (Å²) < 4.78 is 0. The van der Waals surface area contributed by atoms with Crippen LogP contribution in [0.15, 0.2) is 54.9 Å². The fraction of sp³-hybridized carbons (Fsp3) is 0.292. The number of nitrogens with zero attached hydrogens (tertiary/aromatic N) is 1. The van der Waals surface area contributed by atoms with E-state index in [1.807, 2.05) is 43.3 Å². The number of fused-ring (bicyclic) bond motifs is 1. The van der Waals surface area contributed by atoms with Crippen LogP contribution in [0.2, 0.25) is 0 Å². The van der Waals surface area contributed by atoms with Crippen molar-refractivity contribution < 1.29 is 9.59 Å². The maximum atomic E-state index is 13.0. The molecular formula is C24H25N3O2. The summed E-state index contributed by atoms with van der Waals surface area (Å²) in [6, 6.07) is 13.3. The normalized spacial score (nSPS) is 14.1. The lowest BCUT2D eigenvalue weighted by molar-refractivity contribution is 0.0948. The molecule has 5 nitrogen and oxygen atoms in total. The SMILES string of the molecule is Cc1ccc(C(=O)Nc2ccncc2C(=O)NCC2CCCC2)c2ccccc12. The fourth-order valence-corrected chi connectivity index (χ4v) is 4.07. The van der Waals surface area contributed by atoms with Gasteiger partial charge in [-0.25, -0.2) is 0 Å². The lowest BCUT2D eigenvalue weighted by atomic mass is 10.00. The lowest BCUT2D eigenvalue weighted by Gasteiger charge is -2.14. The van der Waals surface area contributed by atoms with E-state index < -0.39 is 0 Å². The van der Waals surface area contributed by atoms with Crippen LogP contribution in [0.3, 0.4) is 0 Å². The number of nitrogens with one attached hydrogen (secondary N) is 2. The molecule has 0 unspecified atom stereocenters. The van der Waals surface area contributed by atoms with Gasteiger partial charge in [-0.3, -0.25) is 14.6 Å². The van der Waals surface area contributed by atoms with Gasteiger partial charge in [0.2, 0.25) is 0 Å². The van der Waals surface area contributed by atoms with Gasteiger partial charge in [0.25, 0.3) is 11.8 Å². The van der Waals surface area contributed by atoms with Gasteiger partial charge >= 0.3 is 0 Å². The van der Waals surface area contributed by atoms with Gasteiger partial charge in [-0.2, -0.15) is 0 Å². The Bertz CT molecular complexity index is 1050. The van der Waals surface area contributed by atoms with Crippen LogP contribution in [0.1, 0.15) is 52.0 Å². The minimum Gasteiger partial charge on any atom is -0.352 e. The highest BCUT2D eigenvalue weighted by molar-refractivity contribution is 6.15. The molecule has 2 amide bonds. The number of pyridine rings is 1. The molecule has 3 aromatic rings. The van der Waals surface area contributed by atoms with Crippen molar-refractivity contribution in [1.82, 2.24) is 10.3 Å². The van der Waals surface area contributed by atoms with Crippen molar-refractivity contribution in [2.75, 3.05) is 11.9 Å². The van der Waals surface area contributed by atoms with Crippen molar-refractivity contribution in [2.24, 2.45) is 5.92 Å². The van der Waals surface area contributed by atoms with Gasteiger partial charge in [0.05, 0.1) is 11.3 Å². The number of amides is 2. The molecule has 0 atom stereocenters. The Morgan fingerprint density at radius 1 is 0.966 bits per heavy atom. The van der Waals surface area contributed by atoms with Crippen LogP contribution in [-0.4, -0.2) is 23.3 Å². The van der Waals surface area contributed by atoms with Gasteiger partial charge in [0.15, 0.2) is 0 Å². The monoisotopic (exact) mass is 387 g/mol. The first kappa shape index (κ1) is 19.1. The van der Waals surface area contributed by atoms with Crippen LogP contribution < -0.4 is 10.6 Å². The Hall–Kier alpha value is -3.21. The zero-order chi connectivity index (χ0) is 20.2. The maximum Gasteiger partial charge on any atom is 0.256 e. The van der Waals surface area contributed by atoms with Gasteiger partial charge in [-0.15, -0.1) is 0 Å². The van der Waals surface area contributed by atoms with E-state index >= 15 is 0 Å². The van der Waals surface area contributed by atoms with Crippen LogP contribution in [-0.2, 0) is 0 Å². The van der Waals surface area contributed by atoms with Crippen LogP contribution in [0, 0.1) is 12.8 Å². The standard InChI is InChI=1S/C24H25N3O2/c1-16-10-11-20(19-9-5-4-8-18(16)19)24(29)27-22-12-13-25-15-21(22)23(28)26-14-17-6-2-3-7-17/h4-5,8-13,15,17H,2-3,6-7,14H2,1H3,(H,26,28)(H,25,27,29). The van der Waals surface area contributed by atoms with E-state index in [9.17, 15) is 9.59 Å². The predicted octanol–water partition coefficient (Wildman–Crippen LogP) is 4.72. The van der Waals surface area contributed by atoms with E-state index in [1.54, 1.807) is 12.3 Å². The second-order valence-electron chi connectivity index (χ2n) is 7.71. The molecular weight excluding hydrogens is 362 g/mol. The first-order valence-corrected chi connectivity index (χ1v) is 10.2. The minimum atomic E-state index is -0.239. The Kier molecular flexibility index (Phi) is 5.56. The van der Waals surface area contributed by atoms with Crippen molar-refractivity contribution in [1.29, 1.82) is 0 Å². The van der Waals surface area contributed by atoms with E-state index in [4.69, 9.17) is 0 Å². The highest BCUT2D eigenvalue weighted by atomic mass is 16.2. The van der Waals surface area contributed by atoms with Crippen molar-refractivity contribution >= 4 is 28.3 Å². The molecule has 0 bridgehead atoms. The number of aryl methyl sites for hydroxylation is 1. The summed E-state index contributed by atoms with van der Waals surface area (Å²) in [7, 11) is 0. The fourth-order valence-electron chi connectivity index (χ4n) is 4.07. The molecule has 5 heteroatoms. The molecule has 1 aromatic heterocycles. The second kappa shape index (κ2) is 8.43. The molecule has 29 heavy (non-hydrogen) atoms. The van der Waals surface area contributed by atoms with E-state index in [0.29, 0.717) is 29.3 Å². The number of carbonyl (C=O) groups excluding carboxylic acids is 2. The average molecular weight is 387 g/mol. The summed E-state index contributed by atoms with van der Waals surface area (Å²) in [4.78, 5) is 29.8. The van der Waals surface area contributed by atoms with Crippen LogP contribution in [0.5, 0.6) is 0 Å². The first-order valence-electron chi connectivity index (χ1n) is 10.2. The summed E-state index contributed by atoms with van der Waals surface area (Å²) in [5.41, 5.74) is 2.56. The highest BCUT2D eigenvalue weighted by Gasteiger charge is 2.19. The molecule has 0 radical (unpaired) electrons. The zero-order valence-electron chi connectivity index (χ0n) is 16.6. The third-order valence-electron chi connectivity index (χ3n) is 5.73. The molecule has 1 heterocycles. The predicted molar refractivity (Wildman–Crippen MR) is 115 cm³/mol. The Morgan fingerprint density at radius 2 is 1.72 bits per heavy atom. The topological polar surface area (TPSA) is 71.1 Å². The first-order chi connectivity index (χ1) is 14.1. The molecule has 1 saturated carbocycles. The Morgan fingerprint density at radius 3 is 2.52 bits per heavy atom. The summed E-state index contributed by atoms with van der Waals surface area (Å²) in [5.74, 6) is 0.110. The molecule has 0 aliphatic heterocycles. The van der Waals surface area contributed by atoms with Crippen LogP contribution in [0.4, 0.5) is 5.69 Å². The number of hydrogen-bond donors (Lipinski definition) is 2. The molecule has 4 rings (SSSR count).